The first-order valence-electron chi connectivity index (χ1n) is 12.4. The van der Waals surface area contributed by atoms with Crippen LogP contribution in [0.2, 0.25) is 0 Å². The van der Waals surface area contributed by atoms with E-state index in [9.17, 15) is 14.4 Å². The van der Waals surface area contributed by atoms with Crippen molar-refractivity contribution in [2.45, 2.75) is 38.1 Å². The summed E-state index contributed by atoms with van der Waals surface area (Å²) in [6.45, 7) is 3.09. The number of anilines is 1. The van der Waals surface area contributed by atoms with Crippen LogP contribution in [0.25, 0.3) is 0 Å². The van der Waals surface area contributed by atoms with Crippen molar-refractivity contribution in [1.82, 2.24) is 15.5 Å². The van der Waals surface area contributed by atoms with Gasteiger partial charge in [0.15, 0.2) is 0 Å². The van der Waals surface area contributed by atoms with Crippen LogP contribution < -0.4 is 20.3 Å². The van der Waals surface area contributed by atoms with Crippen LogP contribution in [-0.2, 0) is 9.59 Å². The number of benzene rings is 2. The van der Waals surface area contributed by atoms with Gasteiger partial charge >= 0.3 is 0 Å². The van der Waals surface area contributed by atoms with Gasteiger partial charge in [-0.3, -0.25) is 19.3 Å². The minimum absolute atomic E-state index is 0.0710. The van der Waals surface area contributed by atoms with Crippen LogP contribution in [0.4, 0.5) is 5.69 Å². The fraction of sp³-hybridized carbons (Fsp3) is 0.444. The lowest BCUT2D eigenvalue weighted by molar-refractivity contribution is -0.120. The molecule has 2 heterocycles. The van der Waals surface area contributed by atoms with E-state index in [1.165, 1.54) is 6.42 Å². The smallest absolute Gasteiger partial charge is 0.251 e. The Bertz CT molecular complexity index is 1020. The lowest BCUT2D eigenvalue weighted by Gasteiger charge is -2.35. The molecular weight excluding hydrogens is 444 g/mol. The highest BCUT2D eigenvalue weighted by Gasteiger charge is 2.24. The number of likely N-dealkylation sites (tertiary alicyclic amines) is 1. The number of carbonyl (C=O) groups excluding carboxylic acids is 3. The maximum Gasteiger partial charge on any atom is 0.251 e. The second-order valence-electron chi connectivity index (χ2n) is 9.07. The summed E-state index contributed by atoms with van der Waals surface area (Å²) in [5, 5.41) is 5.69. The van der Waals surface area contributed by atoms with Crippen molar-refractivity contribution in [3.63, 3.8) is 0 Å². The van der Waals surface area contributed by atoms with E-state index in [2.05, 4.69) is 15.5 Å². The van der Waals surface area contributed by atoms with E-state index >= 15 is 0 Å². The van der Waals surface area contributed by atoms with Crippen LogP contribution in [0.5, 0.6) is 5.75 Å². The van der Waals surface area contributed by atoms with Gasteiger partial charge in [0.05, 0.1) is 19.7 Å². The van der Waals surface area contributed by atoms with Crippen LogP contribution in [0.3, 0.4) is 0 Å². The topological polar surface area (TPSA) is 91.0 Å². The standard InChI is InChI=1S/C27H34N4O4/c1-35-23-13-9-20(10-14-23)24(30-15-3-2-4-16-30)18-28-25(32)19-29-27(34)21-7-11-22(12-8-21)31-17-5-6-26(31)33/h7-14,24H,2-6,15-19H2,1H3,(H,28,32)(H,29,34). The van der Waals surface area contributed by atoms with Crippen LogP contribution in [0.15, 0.2) is 48.5 Å². The number of rotatable bonds is 9. The van der Waals surface area contributed by atoms with Gasteiger partial charge in [-0.1, -0.05) is 18.6 Å². The van der Waals surface area contributed by atoms with E-state index in [1.807, 2.05) is 24.3 Å². The Labute approximate surface area is 206 Å². The van der Waals surface area contributed by atoms with Gasteiger partial charge in [0, 0.05) is 30.8 Å². The van der Waals surface area contributed by atoms with Gasteiger partial charge in [0.1, 0.15) is 5.75 Å². The number of hydrogen-bond donors (Lipinski definition) is 2. The van der Waals surface area contributed by atoms with Crippen LogP contribution >= 0.6 is 0 Å². The summed E-state index contributed by atoms with van der Waals surface area (Å²) in [5.74, 6) is 0.365. The summed E-state index contributed by atoms with van der Waals surface area (Å²) in [6.07, 6.45) is 4.96. The van der Waals surface area contributed by atoms with Crippen molar-refractivity contribution in [3.8, 4) is 5.75 Å². The lowest BCUT2D eigenvalue weighted by Crippen LogP contribution is -2.43. The molecule has 2 aromatic rings. The molecule has 2 aliphatic rings. The normalized spacial score (nSPS) is 17.2. The van der Waals surface area contributed by atoms with Crippen molar-refractivity contribution in [2.75, 3.05) is 44.7 Å². The van der Waals surface area contributed by atoms with Crippen molar-refractivity contribution >= 4 is 23.4 Å². The fourth-order valence-electron chi connectivity index (χ4n) is 4.76. The number of hydrogen-bond acceptors (Lipinski definition) is 5. The van der Waals surface area contributed by atoms with Gasteiger partial charge in [0.25, 0.3) is 5.91 Å². The highest BCUT2D eigenvalue weighted by atomic mass is 16.5. The lowest BCUT2D eigenvalue weighted by atomic mass is 10.0. The Morgan fingerprint density at radius 1 is 0.914 bits per heavy atom. The van der Waals surface area contributed by atoms with Crippen LogP contribution in [0.1, 0.15) is 54.1 Å². The fourth-order valence-corrected chi connectivity index (χ4v) is 4.76. The zero-order valence-corrected chi connectivity index (χ0v) is 20.3. The number of piperidine rings is 1. The Morgan fingerprint density at radius 2 is 1.63 bits per heavy atom. The third-order valence-corrected chi connectivity index (χ3v) is 6.75. The molecule has 1 atom stereocenters. The zero-order valence-electron chi connectivity index (χ0n) is 20.3. The summed E-state index contributed by atoms with van der Waals surface area (Å²) in [6, 6.07) is 15.0. The molecule has 0 saturated carbocycles. The Morgan fingerprint density at radius 3 is 2.26 bits per heavy atom. The van der Waals surface area contributed by atoms with E-state index in [4.69, 9.17) is 4.74 Å². The van der Waals surface area contributed by atoms with Crippen molar-refractivity contribution < 1.29 is 19.1 Å². The second kappa shape index (κ2) is 11.8. The van der Waals surface area contributed by atoms with E-state index < -0.39 is 0 Å². The third-order valence-electron chi connectivity index (χ3n) is 6.75. The number of nitrogens with one attached hydrogen (secondary N) is 2. The van der Waals surface area contributed by atoms with Crippen LogP contribution in [0, 0.1) is 0 Å². The van der Waals surface area contributed by atoms with Crippen molar-refractivity contribution in [2.24, 2.45) is 0 Å². The summed E-state index contributed by atoms with van der Waals surface area (Å²) in [7, 11) is 1.65. The molecule has 186 valence electrons. The molecule has 2 saturated heterocycles. The molecule has 3 amide bonds. The average molecular weight is 479 g/mol. The first-order valence-corrected chi connectivity index (χ1v) is 12.4. The molecule has 0 spiro atoms. The zero-order chi connectivity index (χ0) is 24.6. The molecule has 2 N–H and O–H groups in total. The van der Waals surface area contributed by atoms with Gasteiger partial charge in [0.2, 0.25) is 11.8 Å². The third kappa shape index (κ3) is 6.39. The largest absolute Gasteiger partial charge is 0.497 e. The highest BCUT2D eigenvalue weighted by molar-refractivity contribution is 5.98. The van der Waals surface area contributed by atoms with Gasteiger partial charge in [-0.2, -0.15) is 0 Å². The molecule has 8 heteroatoms. The first-order chi connectivity index (χ1) is 17.0. The quantitative estimate of drug-likeness (QED) is 0.578. The molecule has 0 bridgehead atoms. The summed E-state index contributed by atoms with van der Waals surface area (Å²) in [5.41, 5.74) is 2.38. The Balaban J connectivity index is 1.30. The Hall–Kier alpha value is -3.39. The number of amides is 3. The number of nitrogens with zero attached hydrogens (tertiary/aromatic N) is 2. The van der Waals surface area contributed by atoms with Gasteiger partial charge in [-0.25, -0.2) is 0 Å². The maximum atomic E-state index is 12.6. The van der Waals surface area contributed by atoms with Gasteiger partial charge < -0.3 is 20.3 Å². The molecule has 4 rings (SSSR count). The molecular formula is C27H34N4O4. The molecule has 8 nitrogen and oxygen atoms in total. The molecule has 1 unspecified atom stereocenters. The van der Waals surface area contributed by atoms with Gasteiger partial charge in [-0.15, -0.1) is 0 Å². The molecule has 2 fully saturated rings. The first kappa shape index (κ1) is 24.7. The van der Waals surface area contributed by atoms with Gasteiger partial charge in [-0.05, 0) is 74.3 Å². The molecule has 2 aromatic carbocycles. The molecule has 0 aliphatic carbocycles. The van der Waals surface area contributed by atoms with E-state index in [-0.39, 0.29) is 30.3 Å². The number of ether oxygens (including phenoxy) is 1. The number of methoxy groups -OCH3 is 1. The van der Waals surface area contributed by atoms with Crippen LogP contribution in [-0.4, -0.2) is 62.5 Å². The molecule has 0 aromatic heterocycles. The van der Waals surface area contributed by atoms with E-state index in [0.29, 0.717) is 25.1 Å². The molecule has 2 aliphatic heterocycles. The monoisotopic (exact) mass is 478 g/mol. The summed E-state index contributed by atoms with van der Waals surface area (Å²) < 4.78 is 5.28. The predicted octanol–water partition coefficient (Wildman–Crippen LogP) is 2.90. The number of carbonyl (C=O) groups is 3. The minimum Gasteiger partial charge on any atom is -0.497 e. The van der Waals surface area contributed by atoms with Crippen molar-refractivity contribution in [1.29, 1.82) is 0 Å². The van der Waals surface area contributed by atoms with E-state index in [1.54, 1.807) is 36.3 Å². The molecule has 35 heavy (non-hydrogen) atoms. The Kier molecular flexibility index (Phi) is 8.36. The summed E-state index contributed by atoms with van der Waals surface area (Å²) in [4.78, 5) is 41.1. The van der Waals surface area contributed by atoms with E-state index in [0.717, 1.165) is 49.4 Å². The average Bonchev–Trinajstić information content (AvgIpc) is 3.34. The maximum absolute atomic E-state index is 12.6. The molecule has 0 radical (unpaired) electrons. The summed E-state index contributed by atoms with van der Waals surface area (Å²) >= 11 is 0. The van der Waals surface area contributed by atoms with Crippen molar-refractivity contribution in [3.05, 3.63) is 59.7 Å². The predicted molar refractivity (Wildman–Crippen MR) is 135 cm³/mol. The highest BCUT2D eigenvalue weighted by Crippen LogP contribution is 2.26. The minimum atomic E-state index is -0.317. The second-order valence-corrected chi connectivity index (χ2v) is 9.07. The SMILES string of the molecule is COc1ccc(C(CNC(=O)CNC(=O)c2ccc(N3CCCC3=O)cc2)N2CCCCC2)cc1.